The van der Waals surface area contributed by atoms with Crippen LogP contribution in [0.25, 0.3) is 0 Å². The lowest BCUT2D eigenvalue weighted by molar-refractivity contribution is 0.572. The van der Waals surface area contributed by atoms with E-state index in [0.717, 1.165) is 18.7 Å². The van der Waals surface area contributed by atoms with Crippen LogP contribution in [0.3, 0.4) is 0 Å². The first-order valence-corrected chi connectivity index (χ1v) is 7.65. The first-order valence-electron chi connectivity index (χ1n) is 6.89. The summed E-state index contributed by atoms with van der Waals surface area (Å²) in [5, 5.41) is 4.73. The van der Waals surface area contributed by atoms with Crippen LogP contribution in [-0.2, 0) is 6.54 Å². The highest BCUT2D eigenvalue weighted by Gasteiger charge is 2.02. The Hall–Kier alpha value is -0.240. The van der Waals surface area contributed by atoms with Crippen molar-refractivity contribution in [3.05, 3.63) is 33.8 Å². The fourth-order valence-electron chi connectivity index (χ4n) is 1.94. The van der Waals surface area contributed by atoms with Gasteiger partial charge in [0.1, 0.15) is 0 Å². The van der Waals surface area contributed by atoms with Gasteiger partial charge < -0.3 is 5.32 Å². The third kappa shape index (κ3) is 6.08. The van der Waals surface area contributed by atoms with Crippen molar-refractivity contribution in [2.45, 2.75) is 52.0 Å². The zero-order chi connectivity index (χ0) is 13.2. The van der Waals surface area contributed by atoms with Gasteiger partial charge in [0.05, 0.1) is 10.0 Å². The fourth-order valence-corrected chi connectivity index (χ4v) is 2.33. The van der Waals surface area contributed by atoms with E-state index >= 15 is 0 Å². The monoisotopic (exact) mass is 287 g/mol. The molecule has 0 amide bonds. The van der Waals surface area contributed by atoms with Gasteiger partial charge in [-0.1, -0.05) is 74.4 Å². The lowest BCUT2D eigenvalue weighted by Gasteiger charge is -2.07. The molecule has 0 heterocycles. The third-order valence-electron chi connectivity index (χ3n) is 3.05. The van der Waals surface area contributed by atoms with Crippen molar-refractivity contribution in [3.63, 3.8) is 0 Å². The van der Waals surface area contributed by atoms with Crippen LogP contribution in [0.1, 0.15) is 51.0 Å². The number of rotatable bonds is 9. The molecule has 0 spiro atoms. The second kappa shape index (κ2) is 9.66. The average molecular weight is 288 g/mol. The van der Waals surface area contributed by atoms with Gasteiger partial charge >= 0.3 is 0 Å². The predicted molar refractivity (Wildman–Crippen MR) is 81.5 cm³/mol. The zero-order valence-electron chi connectivity index (χ0n) is 11.1. The molecule has 0 fully saturated rings. The van der Waals surface area contributed by atoms with E-state index in [1.807, 2.05) is 18.2 Å². The molecule has 1 N–H and O–H groups in total. The van der Waals surface area contributed by atoms with Crippen LogP contribution in [0, 0.1) is 0 Å². The number of unbranched alkanes of at least 4 members (excludes halogenated alkanes) is 5. The Labute approximate surface area is 121 Å². The smallest absolute Gasteiger partial charge is 0.0637 e. The number of nitrogens with one attached hydrogen (secondary N) is 1. The van der Waals surface area contributed by atoms with Gasteiger partial charge in [0, 0.05) is 6.54 Å². The van der Waals surface area contributed by atoms with Gasteiger partial charge in [0.25, 0.3) is 0 Å². The summed E-state index contributed by atoms with van der Waals surface area (Å²) in [5.74, 6) is 0. The molecule has 102 valence electrons. The van der Waals surface area contributed by atoms with E-state index in [1.165, 1.54) is 38.5 Å². The minimum absolute atomic E-state index is 0.635. The van der Waals surface area contributed by atoms with Gasteiger partial charge in [-0.25, -0.2) is 0 Å². The Bertz CT molecular complexity index is 339. The lowest BCUT2D eigenvalue weighted by atomic mass is 10.1. The molecule has 0 radical (unpaired) electrons. The number of halogens is 2. The highest BCUT2D eigenvalue weighted by atomic mass is 35.5. The maximum absolute atomic E-state index is 6.12. The van der Waals surface area contributed by atoms with Gasteiger partial charge in [-0.05, 0) is 24.6 Å². The number of hydrogen-bond donors (Lipinski definition) is 1. The van der Waals surface area contributed by atoms with Crippen molar-refractivity contribution in [2.24, 2.45) is 0 Å². The number of hydrogen-bond acceptors (Lipinski definition) is 1. The van der Waals surface area contributed by atoms with E-state index < -0.39 is 0 Å². The van der Waals surface area contributed by atoms with E-state index in [0.29, 0.717) is 10.0 Å². The molecule has 0 aliphatic heterocycles. The summed E-state index contributed by atoms with van der Waals surface area (Å²) in [6, 6.07) is 5.78. The van der Waals surface area contributed by atoms with Crippen molar-refractivity contribution >= 4 is 23.2 Å². The van der Waals surface area contributed by atoms with Crippen LogP contribution in [-0.4, -0.2) is 6.54 Å². The standard InChI is InChI=1S/C15H23Cl2N/c1-2-3-4-5-6-7-11-18-12-13-9-8-10-14(16)15(13)17/h8-10,18H,2-7,11-12H2,1H3. The highest BCUT2D eigenvalue weighted by Crippen LogP contribution is 2.25. The molecule has 1 rings (SSSR count). The molecule has 18 heavy (non-hydrogen) atoms. The van der Waals surface area contributed by atoms with Crippen LogP contribution in [0.5, 0.6) is 0 Å². The summed E-state index contributed by atoms with van der Waals surface area (Å²) >= 11 is 12.1. The molecule has 1 aromatic carbocycles. The summed E-state index contributed by atoms with van der Waals surface area (Å²) in [4.78, 5) is 0. The van der Waals surface area contributed by atoms with E-state index in [1.54, 1.807) is 0 Å². The molecular formula is C15H23Cl2N. The summed E-state index contributed by atoms with van der Waals surface area (Å²) in [6.07, 6.45) is 7.96. The molecule has 1 aromatic rings. The minimum Gasteiger partial charge on any atom is -0.313 e. The molecule has 0 aromatic heterocycles. The second-order valence-corrected chi connectivity index (χ2v) is 5.44. The Morgan fingerprint density at radius 1 is 1.00 bits per heavy atom. The first-order chi connectivity index (χ1) is 8.75. The molecule has 0 unspecified atom stereocenters. The lowest BCUT2D eigenvalue weighted by Crippen LogP contribution is -2.14. The molecule has 0 bridgehead atoms. The maximum Gasteiger partial charge on any atom is 0.0637 e. The third-order valence-corrected chi connectivity index (χ3v) is 3.91. The topological polar surface area (TPSA) is 12.0 Å². The largest absolute Gasteiger partial charge is 0.313 e. The van der Waals surface area contributed by atoms with Crippen LogP contribution in [0.2, 0.25) is 10.0 Å². The summed E-state index contributed by atoms with van der Waals surface area (Å²) in [7, 11) is 0. The first kappa shape index (κ1) is 15.8. The van der Waals surface area contributed by atoms with Crippen molar-refractivity contribution in [3.8, 4) is 0 Å². The number of benzene rings is 1. The Morgan fingerprint density at radius 2 is 1.72 bits per heavy atom. The van der Waals surface area contributed by atoms with Crippen molar-refractivity contribution in [2.75, 3.05) is 6.54 Å². The van der Waals surface area contributed by atoms with Gasteiger partial charge in [0.2, 0.25) is 0 Å². The summed E-state index contributed by atoms with van der Waals surface area (Å²) in [5.41, 5.74) is 1.08. The van der Waals surface area contributed by atoms with E-state index in [2.05, 4.69) is 12.2 Å². The Balaban J connectivity index is 2.09. The molecule has 0 saturated carbocycles. The maximum atomic E-state index is 6.12. The van der Waals surface area contributed by atoms with Crippen LogP contribution >= 0.6 is 23.2 Å². The van der Waals surface area contributed by atoms with Gasteiger partial charge in [-0.3, -0.25) is 0 Å². The SMILES string of the molecule is CCCCCCCCNCc1cccc(Cl)c1Cl. The van der Waals surface area contributed by atoms with E-state index in [-0.39, 0.29) is 0 Å². The fraction of sp³-hybridized carbons (Fsp3) is 0.600. The molecule has 0 aliphatic rings. The molecule has 0 saturated heterocycles. The molecule has 3 heteroatoms. The predicted octanol–water partition coefficient (Wildman–Crippen LogP) is 5.44. The van der Waals surface area contributed by atoms with E-state index in [9.17, 15) is 0 Å². The van der Waals surface area contributed by atoms with Crippen LogP contribution in [0.15, 0.2) is 18.2 Å². The van der Waals surface area contributed by atoms with Crippen LogP contribution < -0.4 is 5.32 Å². The molecular weight excluding hydrogens is 265 g/mol. The van der Waals surface area contributed by atoms with Gasteiger partial charge in [-0.2, -0.15) is 0 Å². The van der Waals surface area contributed by atoms with Gasteiger partial charge in [0.15, 0.2) is 0 Å². The van der Waals surface area contributed by atoms with Gasteiger partial charge in [-0.15, -0.1) is 0 Å². The molecule has 1 nitrogen and oxygen atoms in total. The normalized spacial score (nSPS) is 10.8. The quantitative estimate of drug-likeness (QED) is 0.596. The van der Waals surface area contributed by atoms with Crippen LogP contribution in [0.4, 0.5) is 0 Å². The van der Waals surface area contributed by atoms with Crippen molar-refractivity contribution < 1.29 is 0 Å². The Morgan fingerprint density at radius 3 is 2.50 bits per heavy atom. The highest BCUT2D eigenvalue weighted by molar-refractivity contribution is 6.42. The van der Waals surface area contributed by atoms with Crippen molar-refractivity contribution in [1.29, 1.82) is 0 Å². The van der Waals surface area contributed by atoms with Crippen molar-refractivity contribution in [1.82, 2.24) is 5.32 Å². The second-order valence-electron chi connectivity index (χ2n) is 4.66. The molecule has 0 aliphatic carbocycles. The minimum atomic E-state index is 0.635. The summed E-state index contributed by atoms with van der Waals surface area (Å²) < 4.78 is 0. The Kier molecular flexibility index (Phi) is 8.49. The van der Waals surface area contributed by atoms with E-state index in [4.69, 9.17) is 23.2 Å². The molecule has 0 atom stereocenters. The summed E-state index contributed by atoms with van der Waals surface area (Å²) in [6.45, 7) is 4.10. The average Bonchev–Trinajstić information content (AvgIpc) is 2.37. The zero-order valence-corrected chi connectivity index (χ0v) is 12.7.